The van der Waals surface area contributed by atoms with Crippen molar-refractivity contribution in [2.45, 2.75) is 52.6 Å². The molecule has 0 amide bonds. The van der Waals surface area contributed by atoms with Gasteiger partial charge in [-0.3, -0.25) is 14.1 Å². The van der Waals surface area contributed by atoms with Crippen LogP contribution in [0.5, 0.6) is 0 Å². The Balaban J connectivity index is 1.57. The highest BCUT2D eigenvalue weighted by atomic mass is 16.1. The van der Waals surface area contributed by atoms with Crippen molar-refractivity contribution in [3.8, 4) is 34.4 Å². The van der Waals surface area contributed by atoms with Crippen molar-refractivity contribution < 1.29 is 0 Å². The van der Waals surface area contributed by atoms with E-state index >= 15 is 0 Å². The Morgan fingerprint density at radius 3 is 2.58 bits per heavy atom. The van der Waals surface area contributed by atoms with Crippen LogP contribution in [0.25, 0.3) is 28.3 Å². The van der Waals surface area contributed by atoms with Crippen LogP contribution in [0.4, 0.5) is 0 Å². The van der Waals surface area contributed by atoms with Gasteiger partial charge in [0.2, 0.25) is 5.82 Å². The summed E-state index contributed by atoms with van der Waals surface area (Å²) in [7, 11) is 0. The summed E-state index contributed by atoms with van der Waals surface area (Å²) in [6, 6.07) is 14.0. The number of unbranched alkanes of at least 4 members (excludes halogenated alkanes) is 1. The minimum absolute atomic E-state index is 0.0989. The molecule has 10 nitrogen and oxygen atoms in total. The van der Waals surface area contributed by atoms with Gasteiger partial charge in [0.25, 0.3) is 0 Å². The molecule has 5 aromatic rings. The third-order valence-electron chi connectivity index (χ3n) is 6.67. The molecule has 4 aromatic heterocycles. The highest BCUT2D eigenvalue weighted by Crippen LogP contribution is 2.27. The number of hydrogen-bond donors (Lipinski definition) is 1. The first-order valence-corrected chi connectivity index (χ1v) is 12.7. The lowest BCUT2D eigenvalue weighted by molar-refractivity contribution is 0.583. The van der Waals surface area contributed by atoms with Gasteiger partial charge in [-0.1, -0.05) is 37.6 Å². The fourth-order valence-electron chi connectivity index (χ4n) is 4.69. The van der Waals surface area contributed by atoms with Gasteiger partial charge < -0.3 is 4.57 Å². The minimum Gasteiger partial charge on any atom is -0.330 e. The average molecular weight is 508 g/mol. The van der Waals surface area contributed by atoms with Gasteiger partial charge in [0, 0.05) is 42.1 Å². The van der Waals surface area contributed by atoms with Gasteiger partial charge in [-0.05, 0) is 60.7 Å². The van der Waals surface area contributed by atoms with Crippen LogP contribution < -0.4 is 5.69 Å². The number of tetrazole rings is 1. The van der Waals surface area contributed by atoms with E-state index < -0.39 is 0 Å². The highest BCUT2D eigenvalue weighted by molar-refractivity contribution is 5.70. The summed E-state index contributed by atoms with van der Waals surface area (Å²) in [4.78, 5) is 18.2. The number of aromatic nitrogens is 8. The first-order chi connectivity index (χ1) is 18.5. The zero-order valence-electron chi connectivity index (χ0n) is 21.7. The Morgan fingerprint density at radius 1 is 1.11 bits per heavy atom. The molecule has 10 heteroatoms. The van der Waals surface area contributed by atoms with Crippen LogP contribution in [-0.4, -0.2) is 39.3 Å². The van der Waals surface area contributed by atoms with E-state index in [2.05, 4.69) is 38.6 Å². The van der Waals surface area contributed by atoms with Crippen LogP contribution in [0.3, 0.4) is 0 Å². The van der Waals surface area contributed by atoms with Gasteiger partial charge in [0.1, 0.15) is 11.9 Å². The topological polar surface area (TPSA) is 123 Å². The molecule has 0 atom stereocenters. The van der Waals surface area contributed by atoms with Gasteiger partial charge in [0.15, 0.2) is 0 Å². The molecular formula is C28H29N9O. The summed E-state index contributed by atoms with van der Waals surface area (Å²) in [6.07, 6.45) is 10.1. The summed E-state index contributed by atoms with van der Waals surface area (Å²) in [5.74, 6) is 1.13. The molecule has 0 saturated carbocycles. The molecule has 0 bridgehead atoms. The van der Waals surface area contributed by atoms with Gasteiger partial charge in [-0.2, -0.15) is 10.5 Å². The fraction of sp³-hybridized carbons (Fsp3) is 0.286. The van der Waals surface area contributed by atoms with E-state index in [1.807, 2.05) is 71.9 Å². The molecular weight excluding hydrogens is 478 g/mol. The van der Waals surface area contributed by atoms with Crippen molar-refractivity contribution in [1.29, 1.82) is 5.26 Å². The van der Waals surface area contributed by atoms with Crippen LogP contribution in [-0.2, 0) is 13.0 Å². The van der Waals surface area contributed by atoms with E-state index in [-0.39, 0.29) is 11.7 Å². The zero-order valence-corrected chi connectivity index (χ0v) is 21.7. The average Bonchev–Trinajstić information content (AvgIpc) is 3.68. The van der Waals surface area contributed by atoms with Gasteiger partial charge in [0.05, 0.1) is 12.1 Å². The quantitative estimate of drug-likeness (QED) is 0.313. The summed E-state index contributed by atoms with van der Waals surface area (Å²) < 4.78 is 5.40. The lowest BCUT2D eigenvalue weighted by Crippen LogP contribution is -2.27. The number of nitrogens with zero attached hydrogens (tertiary/aromatic N) is 8. The molecule has 0 aliphatic heterocycles. The summed E-state index contributed by atoms with van der Waals surface area (Å²) in [5.41, 5.74) is 5.01. The van der Waals surface area contributed by atoms with E-state index in [0.717, 1.165) is 47.2 Å². The largest absolute Gasteiger partial charge is 0.334 e. The number of rotatable bonds is 9. The van der Waals surface area contributed by atoms with Gasteiger partial charge in [-0.15, -0.1) is 10.2 Å². The molecule has 0 aliphatic rings. The number of imidazole rings is 1. The molecule has 1 aromatic carbocycles. The van der Waals surface area contributed by atoms with Crippen molar-refractivity contribution in [2.24, 2.45) is 0 Å². The Bertz CT molecular complexity index is 1630. The molecule has 0 spiro atoms. The van der Waals surface area contributed by atoms with Crippen LogP contribution >= 0.6 is 0 Å². The second-order valence-corrected chi connectivity index (χ2v) is 9.47. The number of pyridine rings is 1. The number of aromatic amines is 1. The summed E-state index contributed by atoms with van der Waals surface area (Å²) >= 11 is 0. The second-order valence-electron chi connectivity index (χ2n) is 9.47. The monoisotopic (exact) mass is 507 g/mol. The van der Waals surface area contributed by atoms with Crippen molar-refractivity contribution in [1.82, 2.24) is 39.3 Å². The molecule has 0 radical (unpaired) electrons. The van der Waals surface area contributed by atoms with E-state index in [4.69, 9.17) is 0 Å². The molecule has 4 heterocycles. The highest BCUT2D eigenvalue weighted by Gasteiger charge is 2.20. The Hall–Kier alpha value is -4.78. The molecule has 38 heavy (non-hydrogen) atoms. The number of H-pyrrole nitrogens is 1. The normalized spacial score (nSPS) is 11.2. The minimum atomic E-state index is -0.171. The Kier molecular flexibility index (Phi) is 7.00. The van der Waals surface area contributed by atoms with Gasteiger partial charge in [-0.25, -0.2) is 4.79 Å². The van der Waals surface area contributed by atoms with Crippen molar-refractivity contribution in [3.05, 3.63) is 88.5 Å². The third-order valence-corrected chi connectivity index (χ3v) is 6.67. The lowest BCUT2D eigenvalue weighted by Gasteiger charge is -2.13. The van der Waals surface area contributed by atoms with E-state index in [1.54, 1.807) is 16.8 Å². The molecule has 0 aliphatic carbocycles. The number of benzene rings is 1. The second kappa shape index (κ2) is 10.7. The maximum absolute atomic E-state index is 13.9. The van der Waals surface area contributed by atoms with Crippen molar-refractivity contribution in [2.75, 3.05) is 0 Å². The van der Waals surface area contributed by atoms with Crippen LogP contribution in [0.1, 0.15) is 56.5 Å². The van der Waals surface area contributed by atoms with E-state index in [1.165, 1.54) is 0 Å². The summed E-state index contributed by atoms with van der Waals surface area (Å²) in [6.45, 7) is 6.58. The van der Waals surface area contributed by atoms with Gasteiger partial charge >= 0.3 is 5.69 Å². The maximum Gasteiger partial charge on any atom is 0.334 e. The molecule has 0 saturated heterocycles. The first-order valence-electron chi connectivity index (χ1n) is 12.7. The summed E-state index contributed by atoms with van der Waals surface area (Å²) in [5, 5.41) is 23.9. The molecule has 5 rings (SSSR count). The SMILES string of the molecule is CCCCc1cn(-c2c(C#N)ccn2C(C)C)c(=O)n1Cc1cnccc1-c1ccc(-c2nn[nH]n2)cc1. The maximum atomic E-state index is 13.9. The van der Waals surface area contributed by atoms with Crippen LogP contribution in [0.15, 0.2) is 66.0 Å². The number of nitriles is 1. The third kappa shape index (κ3) is 4.66. The predicted molar refractivity (Wildman–Crippen MR) is 144 cm³/mol. The first kappa shape index (κ1) is 24.9. The molecule has 0 unspecified atom stereocenters. The fourth-order valence-corrected chi connectivity index (χ4v) is 4.69. The molecule has 1 N–H and O–H groups in total. The molecule has 0 fully saturated rings. The Labute approximate surface area is 220 Å². The number of hydrogen-bond acceptors (Lipinski definition) is 6. The smallest absolute Gasteiger partial charge is 0.330 e. The lowest BCUT2D eigenvalue weighted by atomic mass is 10.00. The van der Waals surface area contributed by atoms with E-state index in [9.17, 15) is 10.1 Å². The van der Waals surface area contributed by atoms with Crippen molar-refractivity contribution >= 4 is 0 Å². The van der Waals surface area contributed by atoms with Crippen LogP contribution in [0, 0.1) is 11.3 Å². The van der Waals surface area contributed by atoms with Crippen molar-refractivity contribution in [3.63, 3.8) is 0 Å². The standard InChI is InChI=1S/C28H29N9O/c1-4-5-6-24-18-37(27-22(15-29)12-14-35(27)19(2)3)28(38)36(24)17-23-16-30-13-11-25(23)20-7-9-21(10-8-20)26-31-33-34-32-26/h7-14,16,18-19H,4-6,17H2,1-3H3,(H,31,32,33,34). The predicted octanol–water partition coefficient (Wildman–Crippen LogP) is 4.53. The number of aryl methyl sites for hydroxylation is 1. The molecule has 192 valence electrons. The van der Waals surface area contributed by atoms with Crippen LogP contribution in [0.2, 0.25) is 0 Å². The zero-order chi connectivity index (χ0) is 26.6. The number of nitrogens with one attached hydrogen (secondary N) is 1. The Morgan fingerprint density at radius 2 is 1.89 bits per heavy atom. The van der Waals surface area contributed by atoms with E-state index in [0.29, 0.717) is 23.8 Å².